The molecule has 3 saturated carbocycles. The molecule has 0 spiro atoms. The minimum atomic E-state index is -1.91. The molecule has 0 radical (unpaired) electrons. The number of carbonyl (C=O) groups excluding carboxylic acids is 3. The van der Waals surface area contributed by atoms with Gasteiger partial charge in [-0.15, -0.1) is 0 Å². The number of ether oxygens (including phenoxy) is 1. The molecule has 190 valence electrons. The summed E-state index contributed by atoms with van der Waals surface area (Å²) in [6.07, 6.45) is 2.85. The van der Waals surface area contributed by atoms with Crippen LogP contribution in [0.5, 0.6) is 0 Å². The molecule has 0 saturated heterocycles. The van der Waals surface area contributed by atoms with Crippen LogP contribution in [0.15, 0.2) is 11.6 Å². The SMILES string of the molecule is CCCC(=O)O[C@]1(C(=O)CBr)[C@H](C)C[C@H]2[C@@H]3C[C@H](C)C4=CC(=O)CC[C@]4(C)[C@@]3(F)[C@@H](O)C[C@@]21C. The molecule has 4 aliphatic rings. The van der Waals surface area contributed by atoms with E-state index in [1.165, 1.54) is 0 Å². The van der Waals surface area contributed by atoms with Gasteiger partial charge in [-0.3, -0.25) is 14.4 Å². The Balaban J connectivity index is 1.85. The van der Waals surface area contributed by atoms with Gasteiger partial charge in [0, 0.05) is 35.5 Å². The van der Waals surface area contributed by atoms with Crippen LogP contribution < -0.4 is 0 Å². The molecule has 7 heteroatoms. The number of aliphatic hydroxyl groups is 1. The highest BCUT2D eigenvalue weighted by molar-refractivity contribution is 9.09. The van der Waals surface area contributed by atoms with Crippen LogP contribution in [0.3, 0.4) is 0 Å². The molecule has 9 atom stereocenters. The fraction of sp³-hybridized carbons (Fsp3) is 0.815. The maximum Gasteiger partial charge on any atom is 0.306 e. The summed E-state index contributed by atoms with van der Waals surface area (Å²) < 4.78 is 23.6. The molecule has 0 bridgehead atoms. The minimum Gasteiger partial charge on any atom is -0.450 e. The molecule has 5 nitrogen and oxygen atoms in total. The van der Waals surface area contributed by atoms with Crippen LogP contribution in [-0.4, -0.2) is 45.3 Å². The summed E-state index contributed by atoms with van der Waals surface area (Å²) in [5.41, 5.74) is -4.32. The topological polar surface area (TPSA) is 80.7 Å². The van der Waals surface area contributed by atoms with Crippen molar-refractivity contribution in [3.05, 3.63) is 11.6 Å². The first-order chi connectivity index (χ1) is 15.8. The number of ketones is 2. The maximum absolute atomic E-state index is 17.5. The zero-order chi connectivity index (χ0) is 25.3. The van der Waals surface area contributed by atoms with Crippen molar-refractivity contribution in [1.29, 1.82) is 0 Å². The quantitative estimate of drug-likeness (QED) is 0.386. The molecule has 4 aliphatic carbocycles. The molecular weight excluding hydrogens is 503 g/mol. The number of hydrogen-bond donors (Lipinski definition) is 1. The number of esters is 1. The van der Waals surface area contributed by atoms with E-state index in [9.17, 15) is 19.5 Å². The summed E-state index contributed by atoms with van der Waals surface area (Å²) in [5, 5.41) is 11.6. The minimum absolute atomic E-state index is 0.00232. The third kappa shape index (κ3) is 3.14. The van der Waals surface area contributed by atoms with E-state index in [1.54, 1.807) is 6.08 Å². The van der Waals surface area contributed by atoms with Crippen LogP contribution in [-0.2, 0) is 19.1 Å². The summed E-state index contributed by atoms with van der Waals surface area (Å²) in [4.78, 5) is 38.5. The summed E-state index contributed by atoms with van der Waals surface area (Å²) in [7, 11) is 0. The fourth-order valence-electron chi connectivity index (χ4n) is 8.69. The largest absolute Gasteiger partial charge is 0.450 e. The van der Waals surface area contributed by atoms with E-state index in [0.717, 1.165) is 5.57 Å². The zero-order valence-corrected chi connectivity index (χ0v) is 22.5. The van der Waals surface area contributed by atoms with Gasteiger partial charge >= 0.3 is 5.97 Å². The standard InChI is InChI=1S/C27H38BrFO5/c1-6-7-23(33)34-27(22(32)14-28)16(3)11-19-20-10-15(2)18-12-17(30)8-9-24(18,4)26(20,29)21(31)13-25(19,27)5/h12,15-16,19-21,31H,6-11,13-14H2,1-5H3/t15-,16+,19-,20-,21-,24-,25-,26-,27-/m0/s1. The van der Waals surface area contributed by atoms with Gasteiger partial charge in [0.15, 0.2) is 17.2 Å². The van der Waals surface area contributed by atoms with E-state index >= 15 is 4.39 Å². The second-order valence-electron chi connectivity index (χ2n) is 11.8. The number of hydrogen-bond acceptors (Lipinski definition) is 5. The third-order valence-corrected chi connectivity index (χ3v) is 10.7. The Kier molecular flexibility index (Phi) is 6.50. The summed E-state index contributed by atoms with van der Waals surface area (Å²) in [6.45, 7) is 9.64. The number of fused-ring (bicyclic) bond motifs is 5. The van der Waals surface area contributed by atoms with Crippen LogP contribution in [0.2, 0.25) is 0 Å². The Morgan fingerprint density at radius 2 is 1.91 bits per heavy atom. The Hall–Kier alpha value is -1.08. The van der Waals surface area contributed by atoms with Crippen molar-refractivity contribution < 1.29 is 28.6 Å². The van der Waals surface area contributed by atoms with E-state index in [1.807, 2.05) is 34.6 Å². The van der Waals surface area contributed by atoms with Crippen LogP contribution in [0, 0.1) is 34.5 Å². The Labute approximate surface area is 210 Å². The molecule has 0 amide bonds. The molecule has 0 unspecified atom stereocenters. The molecule has 4 rings (SSSR count). The average Bonchev–Trinajstić information content (AvgIpc) is 2.99. The molecule has 0 aromatic rings. The van der Waals surface area contributed by atoms with Gasteiger partial charge in [-0.25, -0.2) is 4.39 Å². The van der Waals surface area contributed by atoms with Crippen molar-refractivity contribution in [3.63, 3.8) is 0 Å². The number of Topliss-reactive ketones (excluding diaryl/α,β-unsaturated/α-hetero) is 1. The lowest BCUT2D eigenvalue weighted by Gasteiger charge is -2.64. The van der Waals surface area contributed by atoms with Gasteiger partial charge in [-0.2, -0.15) is 0 Å². The molecule has 34 heavy (non-hydrogen) atoms. The summed E-state index contributed by atoms with van der Waals surface area (Å²) in [5.74, 6) is -1.64. The van der Waals surface area contributed by atoms with Gasteiger partial charge in [-0.05, 0) is 50.0 Å². The fourth-order valence-corrected chi connectivity index (χ4v) is 9.11. The highest BCUT2D eigenvalue weighted by Crippen LogP contribution is 2.72. The van der Waals surface area contributed by atoms with E-state index < -0.39 is 40.1 Å². The Morgan fingerprint density at radius 3 is 2.53 bits per heavy atom. The summed E-state index contributed by atoms with van der Waals surface area (Å²) in [6, 6.07) is 0. The molecule has 0 aromatic heterocycles. The molecule has 0 aliphatic heterocycles. The number of halogens is 2. The van der Waals surface area contributed by atoms with Gasteiger partial charge in [-0.1, -0.05) is 56.1 Å². The first-order valence-electron chi connectivity index (χ1n) is 12.8. The summed E-state index contributed by atoms with van der Waals surface area (Å²) >= 11 is 3.30. The Morgan fingerprint density at radius 1 is 1.24 bits per heavy atom. The lowest BCUT2D eigenvalue weighted by Crippen LogP contribution is -2.71. The van der Waals surface area contributed by atoms with Crippen LogP contribution in [0.1, 0.15) is 79.6 Å². The van der Waals surface area contributed by atoms with Crippen molar-refractivity contribution >= 4 is 33.5 Å². The van der Waals surface area contributed by atoms with Crippen molar-refractivity contribution in [2.45, 2.75) is 96.9 Å². The van der Waals surface area contributed by atoms with E-state index in [4.69, 9.17) is 4.74 Å². The van der Waals surface area contributed by atoms with Gasteiger partial charge in [0.2, 0.25) is 0 Å². The number of carbonyl (C=O) groups is 3. The van der Waals surface area contributed by atoms with Gasteiger partial charge < -0.3 is 9.84 Å². The smallest absolute Gasteiger partial charge is 0.306 e. The van der Waals surface area contributed by atoms with Crippen LogP contribution in [0.4, 0.5) is 4.39 Å². The number of allylic oxidation sites excluding steroid dienone is 1. The number of rotatable bonds is 5. The zero-order valence-electron chi connectivity index (χ0n) is 21.0. The van der Waals surface area contributed by atoms with Crippen LogP contribution in [0.25, 0.3) is 0 Å². The number of aliphatic hydroxyl groups excluding tert-OH is 1. The average molecular weight is 541 g/mol. The lowest BCUT2D eigenvalue weighted by molar-refractivity contribution is -0.237. The van der Waals surface area contributed by atoms with E-state index in [0.29, 0.717) is 25.7 Å². The van der Waals surface area contributed by atoms with Gasteiger partial charge in [0.05, 0.1) is 11.4 Å². The third-order valence-electron chi connectivity index (χ3n) is 10.2. The Bertz CT molecular complexity index is 934. The normalized spacial score (nSPS) is 47.8. The highest BCUT2D eigenvalue weighted by atomic mass is 79.9. The van der Waals surface area contributed by atoms with Crippen molar-refractivity contribution in [1.82, 2.24) is 0 Å². The second-order valence-corrected chi connectivity index (χ2v) is 12.4. The van der Waals surface area contributed by atoms with Crippen molar-refractivity contribution in [3.8, 4) is 0 Å². The predicted octanol–water partition coefficient (Wildman–Crippen LogP) is 5.12. The molecule has 1 N–H and O–H groups in total. The van der Waals surface area contributed by atoms with E-state index in [2.05, 4.69) is 15.9 Å². The monoisotopic (exact) mass is 540 g/mol. The first-order valence-corrected chi connectivity index (χ1v) is 13.9. The van der Waals surface area contributed by atoms with Crippen molar-refractivity contribution in [2.75, 3.05) is 5.33 Å². The first kappa shape index (κ1) is 26.0. The molecule has 0 heterocycles. The van der Waals surface area contributed by atoms with E-state index in [-0.39, 0.29) is 53.9 Å². The van der Waals surface area contributed by atoms with Gasteiger partial charge in [0.1, 0.15) is 5.67 Å². The highest BCUT2D eigenvalue weighted by Gasteiger charge is 2.77. The maximum atomic E-state index is 17.5. The molecule has 3 fully saturated rings. The second kappa shape index (κ2) is 8.50. The van der Waals surface area contributed by atoms with Crippen molar-refractivity contribution in [2.24, 2.45) is 34.5 Å². The predicted molar refractivity (Wildman–Crippen MR) is 130 cm³/mol. The van der Waals surface area contributed by atoms with Gasteiger partial charge in [0.25, 0.3) is 0 Å². The molecule has 0 aromatic carbocycles. The van der Waals surface area contributed by atoms with Crippen LogP contribution >= 0.6 is 15.9 Å². The molecular formula is C27H38BrFO5. The lowest BCUT2D eigenvalue weighted by atomic mass is 9.42. The number of alkyl halides is 2.